The van der Waals surface area contributed by atoms with Crippen molar-refractivity contribution in [1.82, 2.24) is 19.4 Å². The van der Waals surface area contributed by atoms with E-state index in [1.54, 1.807) is 19.2 Å². The van der Waals surface area contributed by atoms with Crippen LogP contribution in [0.4, 0.5) is 5.69 Å². The third-order valence-corrected chi connectivity index (χ3v) is 4.52. The molecular formula is C16H19N5O3. The number of pyridine rings is 1. The summed E-state index contributed by atoms with van der Waals surface area (Å²) in [5, 5.41) is 11.4. The molecule has 1 aliphatic rings. The van der Waals surface area contributed by atoms with Gasteiger partial charge in [0.2, 0.25) is 0 Å². The summed E-state index contributed by atoms with van der Waals surface area (Å²) in [5.41, 5.74) is -0.445. The van der Waals surface area contributed by atoms with Crippen molar-refractivity contribution < 1.29 is 4.92 Å². The Kier molecular flexibility index (Phi) is 4.39. The van der Waals surface area contributed by atoms with Crippen molar-refractivity contribution in [3.05, 3.63) is 50.8 Å². The molecule has 126 valence electrons. The van der Waals surface area contributed by atoms with E-state index in [1.807, 2.05) is 0 Å². The zero-order chi connectivity index (χ0) is 17.3. The maximum atomic E-state index is 12.6. The highest BCUT2D eigenvalue weighted by Gasteiger charge is 2.29. The minimum absolute atomic E-state index is 0.124. The highest BCUT2D eigenvalue weighted by Crippen LogP contribution is 2.30. The van der Waals surface area contributed by atoms with Crippen LogP contribution in [0.3, 0.4) is 0 Å². The summed E-state index contributed by atoms with van der Waals surface area (Å²) in [7, 11) is 3.62. The highest BCUT2D eigenvalue weighted by molar-refractivity contribution is 5.68. The van der Waals surface area contributed by atoms with Crippen LogP contribution in [0.2, 0.25) is 0 Å². The third-order valence-electron chi connectivity index (χ3n) is 4.52. The maximum Gasteiger partial charge on any atom is 0.360 e. The van der Waals surface area contributed by atoms with Crippen LogP contribution in [-0.4, -0.2) is 44.5 Å². The summed E-state index contributed by atoms with van der Waals surface area (Å²) in [6.07, 6.45) is 4.83. The standard InChI is InChI=1S/C16H19N5O3/c1-19-9-5-12(6-10-19)15-18-13(11-3-7-17-8-4-11)14(21(23)24)16(22)20(15)2/h3-4,7-8,12H,5-6,9-10H2,1-2H3. The molecule has 0 spiro atoms. The summed E-state index contributed by atoms with van der Waals surface area (Å²) in [5.74, 6) is 0.741. The number of nitrogens with zero attached hydrogens (tertiary/aromatic N) is 5. The van der Waals surface area contributed by atoms with Crippen LogP contribution in [0.25, 0.3) is 11.3 Å². The highest BCUT2D eigenvalue weighted by atomic mass is 16.6. The van der Waals surface area contributed by atoms with E-state index in [0.717, 1.165) is 25.9 Å². The van der Waals surface area contributed by atoms with Crippen molar-refractivity contribution in [2.45, 2.75) is 18.8 Å². The minimum atomic E-state index is -0.649. The minimum Gasteiger partial charge on any atom is -0.306 e. The fourth-order valence-electron chi connectivity index (χ4n) is 3.11. The molecule has 3 rings (SSSR count). The van der Waals surface area contributed by atoms with E-state index in [2.05, 4.69) is 21.9 Å². The van der Waals surface area contributed by atoms with E-state index in [9.17, 15) is 14.9 Å². The lowest BCUT2D eigenvalue weighted by Gasteiger charge is -2.29. The zero-order valence-corrected chi connectivity index (χ0v) is 13.7. The Morgan fingerprint density at radius 3 is 2.42 bits per heavy atom. The molecule has 0 radical (unpaired) electrons. The predicted octanol–water partition coefficient (Wildman–Crippen LogP) is 1.56. The SMILES string of the molecule is CN1CCC(c2nc(-c3ccncc3)c([N+](=O)[O-])c(=O)n2C)CC1. The van der Waals surface area contributed by atoms with Gasteiger partial charge in [0.25, 0.3) is 0 Å². The summed E-state index contributed by atoms with van der Waals surface area (Å²) in [6.45, 7) is 1.84. The average molecular weight is 329 g/mol. The first-order valence-corrected chi connectivity index (χ1v) is 7.83. The summed E-state index contributed by atoms with van der Waals surface area (Å²) < 4.78 is 1.33. The fraction of sp³-hybridized carbons (Fsp3) is 0.438. The Balaban J connectivity index is 2.17. The second-order valence-electron chi connectivity index (χ2n) is 6.10. The predicted molar refractivity (Wildman–Crippen MR) is 88.8 cm³/mol. The Hall–Kier alpha value is -2.61. The number of hydrogen-bond acceptors (Lipinski definition) is 6. The van der Waals surface area contributed by atoms with Gasteiger partial charge in [-0.3, -0.25) is 24.5 Å². The molecule has 0 unspecified atom stereocenters. The average Bonchev–Trinajstić information content (AvgIpc) is 2.58. The lowest BCUT2D eigenvalue weighted by atomic mass is 9.95. The van der Waals surface area contributed by atoms with Crippen LogP contribution < -0.4 is 5.56 Å². The van der Waals surface area contributed by atoms with Crippen LogP contribution in [-0.2, 0) is 7.05 Å². The van der Waals surface area contributed by atoms with Crippen LogP contribution >= 0.6 is 0 Å². The van der Waals surface area contributed by atoms with E-state index >= 15 is 0 Å². The summed E-state index contributed by atoms with van der Waals surface area (Å²) >= 11 is 0. The first kappa shape index (κ1) is 16.3. The molecule has 0 amide bonds. The van der Waals surface area contributed by atoms with Crippen molar-refractivity contribution in [3.63, 3.8) is 0 Å². The molecular weight excluding hydrogens is 310 g/mol. The van der Waals surface area contributed by atoms with Gasteiger partial charge < -0.3 is 4.90 Å². The number of piperidine rings is 1. The van der Waals surface area contributed by atoms with E-state index in [4.69, 9.17) is 0 Å². The van der Waals surface area contributed by atoms with Gasteiger partial charge in [-0.25, -0.2) is 4.98 Å². The summed E-state index contributed by atoms with van der Waals surface area (Å²) in [4.78, 5) is 34.1. The number of aromatic nitrogens is 3. The van der Waals surface area contributed by atoms with Crippen molar-refractivity contribution >= 4 is 5.69 Å². The van der Waals surface area contributed by atoms with Crippen LogP contribution in [0.1, 0.15) is 24.6 Å². The van der Waals surface area contributed by atoms with Crippen molar-refractivity contribution in [2.75, 3.05) is 20.1 Å². The van der Waals surface area contributed by atoms with Gasteiger partial charge in [0, 0.05) is 30.9 Å². The molecule has 8 nitrogen and oxygen atoms in total. The second-order valence-corrected chi connectivity index (χ2v) is 6.10. The fourth-order valence-corrected chi connectivity index (χ4v) is 3.11. The van der Waals surface area contributed by atoms with Crippen LogP contribution in [0, 0.1) is 10.1 Å². The largest absolute Gasteiger partial charge is 0.360 e. The van der Waals surface area contributed by atoms with Crippen molar-refractivity contribution in [1.29, 1.82) is 0 Å². The van der Waals surface area contributed by atoms with Crippen LogP contribution in [0.15, 0.2) is 29.3 Å². The smallest absolute Gasteiger partial charge is 0.306 e. The zero-order valence-electron chi connectivity index (χ0n) is 13.7. The quantitative estimate of drug-likeness (QED) is 0.626. The molecule has 3 heterocycles. The lowest BCUT2D eigenvalue weighted by molar-refractivity contribution is -0.386. The van der Waals surface area contributed by atoms with Crippen molar-refractivity contribution in [2.24, 2.45) is 7.05 Å². The third kappa shape index (κ3) is 2.92. The van der Waals surface area contributed by atoms with Crippen molar-refractivity contribution in [3.8, 4) is 11.3 Å². The molecule has 0 saturated carbocycles. The van der Waals surface area contributed by atoms with E-state index in [1.165, 1.54) is 17.0 Å². The number of hydrogen-bond donors (Lipinski definition) is 0. The number of likely N-dealkylation sites (tertiary alicyclic amines) is 1. The number of rotatable bonds is 3. The Labute approximate surface area is 138 Å². The van der Waals surface area contributed by atoms with Gasteiger partial charge in [0.15, 0.2) is 5.69 Å². The Morgan fingerprint density at radius 2 is 1.83 bits per heavy atom. The molecule has 8 heteroatoms. The molecule has 0 aromatic carbocycles. The van der Waals surface area contributed by atoms with Gasteiger partial charge in [-0.1, -0.05) is 0 Å². The van der Waals surface area contributed by atoms with Gasteiger partial charge in [0.1, 0.15) is 5.82 Å². The monoisotopic (exact) mass is 329 g/mol. The molecule has 2 aromatic heterocycles. The maximum absolute atomic E-state index is 12.6. The van der Waals surface area contributed by atoms with Gasteiger partial charge in [0.05, 0.1) is 4.92 Å². The van der Waals surface area contributed by atoms with E-state index in [0.29, 0.717) is 11.4 Å². The second kappa shape index (κ2) is 6.48. The molecule has 0 aliphatic carbocycles. The van der Waals surface area contributed by atoms with Gasteiger partial charge >= 0.3 is 11.2 Å². The van der Waals surface area contributed by atoms with Gasteiger partial charge in [-0.05, 0) is 45.1 Å². The lowest BCUT2D eigenvalue weighted by Crippen LogP contribution is -2.33. The Bertz CT molecular complexity index is 810. The molecule has 24 heavy (non-hydrogen) atoms. The molecule has 0 atom stereocenters. The normalized spacial score (nSPS) is 16.2. The molecule has 0 N–H and O–H groups in total. The topological polar surface area (TPSA) is 94.2 Å². The van der Waals surface area contributed by atoms with E-state index in [-0.39, 0.29) is 11.6 Å². The first-order valence-electron chi connectivity index (χ1n) is 7.83. The molecule has 2 aromatic rings. The molecule has 1 saturated heterocycles. The van der Waals surface area contributed by atoms with E-state index < -0.39 is 16.2 Å². The first-order chi connectivity index (χ1) is 11.5. The Morgan fingerprint density at radius 1 is 1.21 bits per heavy atom. The summed E-state index contributed by atoms with van der Waals surface area (Å²) in [6, 6.07) is 3.26. The van der Waals surface area contributed by atoms with Gasteiger partial charge in [-0.2, -0.15) is 0 Å². The van der Waals surface area contributed by atoms with Gasteiger partial charge in [-0.15, -0.1) is 0 Å². The number of nitro groups is 1. The molecule has 1 aliphatic heterocycles. The molecule has 0 bridgehead atoms. The molecule has 1 fully saturated rings. The van der Waals surface area contributed by atoms with Crippen LogP contribution in [0.5, 0.6) is 0 Å².